The fourth-order valence-corrected chi connectivity index (χ4v) is 3.85. The molecule has 3 atom stereocenters. The molecule has 0 radical (unpaired) electrons. The second kappa shape index (κ2) is 5.73. The third-order valence-corrected chi connectivity index (χ3v) is 4.80. The van der Waals surface area contributed by atoms with Gasteiger partial charge in [-0.25, -0.2) is 0 Å². The lowest BCUT2D eigenvalue weighted by Gasteiger charge is -2.31. The first-order valence-corrected chi connectivity index (χ1v) is 7.37. The van der Waals surface area contributed by atoms with Gasteiger partial charge in [-0.2, -0.15) is 0 Å². The summed E-state index contributed by atoms with van der Waals surface area (Å²) in [4.78, 5) is 36.0. The van der Waals surface area contributed by atoms with Gasteiger partial charge in [-0.05, 0) is 12.8 Å². The Morgan fingerprint density at radius 3 is 2.50 bits per heavy atom. The summed E-state index contributed by atoms with van der Waals surface area (Å²) in [5.74, 6) is -0.932. The van der Waals surface area contributed by atoms with Gasteiger partial charge in [0, 0.05) is 5.75 Å². The average Bonchev–Trinajstić information content (AvgIpc) is 2.86. The van der Waals surface area contributed by atoms with Gasteiger partial charge in [0.15, 0.2) is 0 Å². The summed E-state index contributed by atoms with van der Waals surface area (Å²) in [7, 11) is 0. The second-order valence-corrected chi connectivity index (χ2v) is 5.85. The number of hydrogen-bond acceptors (Lipinski definition) is 4. The summed E-state index contributed by atoms with van der Waals surface area (Å²) in [5, 5.41) is 9.18. The number of aldehydes is 1. The first-order valence-electron chi connectivity index (χ1n) is 6.21. The number of carbonyl (C=O) groups is 3. The number of carbonyl (C=O) groups excluding carboxylic acids is 2. The van der Waals surface area contributed by atoms with Crippen LogP contribution in [-0.4, -0.2) is 45.8 Å². The van der Waals surface area contributed by atoms with Crippen LogP contribution in [0.3, 0.4) is 0 Å². The van der Waals surface area contributed by atoms with Crippen LogP contribution in [0, 0.1) is 11.8 Å². The molecule has 2 fully saturated rings. The fourth-order valence-electron chi connectivity index (χ4n) is 2.73. The molecule has 0 aromatic heterocycles. The van der Waals surface area contributed by atoms with E-state index in [0.717, 1.165) is 19.1 Å². The zero-order valence-corrected chi connectivity index (χ0v) is 10.9. The number of rotatable bonds is 3. The summed E-state index contributed by atoms with van der Waals surface area (Å²) in [5.41, 5.74) is 0. The summed E-state index contributed by atoms with van der Waals surface area (Å²) in [6.07, 6.45) is 3.75. The highest BCUT2D eigenvalue weighted by Crippen LogP contribution is 2.33. The van der Waals surface area contributed by atoms with E-state index in [0.29, 0.717) is 24.5 Å². The molecule has 0 spiro atoms. The lowest BCUT2D eigenvalue weighted by molar-refractivity contribution is -0.152. The molecule has 100 valence electrons. The third-order valence-electron chi connectivity index (χ3n) is 3.76. The van der Waals surface area contributed by atoms with Crippen molar-refractivity contribution in [2.75, 3.05) is 11.6 Å². The van der Waals surface area contributed by atoms with Gasteiger partial charge in [-0.1, -0.05) is 12.8 Å². The van der Waals surface area contributed by atoms with Crippen molar-refractivity contribution in [3.63, 3.8) is 0 Å². The molecule has 18 heavy (non-hydrogen) atoms. The second-order valence-electron chi connectivity index (χ2n) is 4.85. The normalized spacial score (nSPS) is 32.2. The van der Waals surface area contributed by atoms with E-state index < -0.39 is 17.8 Å². The molecule has 2 aliphatic rings. The van der Waals surface area contributed by atoms with Crippen molar-refractivity contribution in [3.05, 3.63) is 0 Å². The third kappa shape index (κ3) is 2.53. The van der Waals surface area contributed by atoms with E-state index in [1.165, 1.54) is 0 Å². The Balaban J connectivity index is 2.10. The van der Waals surface area contributed by atoms with Gasteiger partial charge >= 0.3 is 5.97 Å². The first kappa shape index (κ1) is 13.4. The van der Waals surface area contributed by atoms with Gasteiger partial charge in [0.25, 0.3) is 0 Å². The molecule has 1 saturated carbocycles. The number of amides is 1. The van der Waals surface area contributed by atoms with Crippen LogP contribution in [0.2, 0.25) is 0 Å². The maximum Gasteiger partial charge on any atom is 0.307 e. The molecular formula is C12H17NO4S. The molecule has 1 saturated heterocycles. The van der Waals surface area contributed by atoms with E-state index in [4.69, 9.17) is 0 Å². The molecule has 0 aromatic carbocycles. The SMILES string of the molecule is O=CC1CSCN1C(=O)C1CCCCC1C(=O)O. The predicted molar refractivity (Wildman–Crippen MR) is 67.1 cm³/mol. The topological polar surface area (TPSA) is 74.7 Å². The predicted octanol–water partition coefficient (Wildman–Crippen LogP) is 0.978. The minimum Gasteiger partial charge on any atom is -0.481 e. The minimum absolute atomic E-state index is 0.149. The van der Waals surface area contributed by atoms with Crippen LogP contribution in [0.25, 0.3) is 0 Å². The Morgan fingerprint density at radius 1 is 1.22 bits per heavy atom. The Kier molecular flexibility index (Phi) is 4.27. The standard InChI is InChI=1S/C12H17NO4S/c14-5-8-6-18-7-13(8)11(15)9-3-1-2-4-10(9)12(16)17/h5,8-10H,1-4,6-7H2,(H,16,17). The van der Waals surface area contributed by atoms with E-state index in [1.54, 1.807) is 16.7 Å². The summed E-state index contributed by atoms with van der Waals surface area (Å²) >= 11 is 1.54. The van der Waals surface area contributed by atoms with Crippen molar-refractivity contribution in [1.82, 2.24) is 4.90 Å². The number of carboxylic acids is 1. The molecule has 1 amide bonds. The van der Waals surface area contributed by atoms with Gasteiger partial charge in [0.05, 0.1) is 23.8 Å². The Morgan fingerprint density at radius 2 is 1.89 bits per heavy atom. The van der Waals surface area contributed by atoms with Crippen LogP contribution in [0.1, 0.15) is 25.7 Å². The number of aliphatic carboxylic acids is 1. The highest BCUT2D eigenvalue weighted by molar-refractivity contribution is 7.99. The molecule has 0 bridgehead atoms. The van der Waals surface area contributed by atoms with Crippen LogP contribution in [0.15, 0.2) is 0 Å². The van der Waals surface area contributed by atoms with Crippen molar-refractivity contribution >= 4 is 29.9 Å². The number of thioether (sulfide) groups is 1. The van der Waals surface area contributed by atoms with E-state index in [1.807, 2.05) is 0 Å². The van der Waals surface area contributed by atoms with Crippen molar-refractivity contribution in [1.29, 1.82) is 0 Å². The van der Waals surface area contributed by atoms with Gasteiger partial charge in [0.2, 0.25) is 5.91 Å². The summed E-state index contributed by atoms with van der Waals surface area (Å²) < 4.78 is 0. The number of nitrogens with zero attached hydrogens (tertiary/aromatic N) is 1. The van der Waals surface area contributed by atoms with Crippen LogP contribution in [-0.2, 0) is 14.4 Å². The van der Waals surface area contributed by atoms with Crippen LogP contribution < -0.4 is 0 Å². The maximum atomic E-state index is 12.4. The van der Waals surface area contributed by atoms with Gasteiger partial charge in [-0.3, -0.25) is 9.59 Å². The lowest BCUT2D eigenvalue weighted by Crippen LogP contribution is -2.45. The molecule has 1 aliphatic heterocycles. The number of hydrogen-bond donors (Lipinski definition) is 1. The quantitative estimate of drug-likeness (QED) is 0.774. The smallest absolute Gasteiger partial charge is 0.307 e. The molecule has 1 N–H and O–H groups in total. The highest BCUT2D eigenvalue weighted by atomic mass is 32.2. The van der Waals surface area contributed by atoms with Crippen LogP contribution in [0.5, 0.6) is 0 Å². The number of carboxylic acid groups (broad SMARTS) is 1. The molecule has 1 aliphatic carbocycles. The fraction of sp³-hybridized carbons (Fsp3) is 0.750. The van der Waals surface area contributed by atoms with Crippen molar-refractivity contribution in [2.45, 2.75) is 31.7 Å². The van der Waals surface area contributed by atoms with Gasteiger partial charge in [0.1, 0.15) is 6.29 Å². The maximum absolute atomic E-state index is 12.4. The highest BCUT2D eigenvalue weighted by Gasteiger charge is 2.40. The van der Waals surface area contributed by atoms with E-state index in [9.17, 15) is 19.5 Å². The molecule has 3 unspecified atom stereocenters. The van der Waals surface area contributed by atoms with E-state index >= 15 is 0 Å². The largest absolute Gasteiger partial charge is 0.481 e. The van der Waals surface area contributed by atoms with Crippen molar-refractivity contribution < 1.29 is 19.5 Å². The molecule has 2 rings (SSSR count). The zero-order chi connectivity index (χ0) is 13.1. The zero-order valence-electron chi connectivity index (χ0n) is 10.1. The molecular weight excluding hydrogens is 254 g/mol. The molecule has 5 nitrogen and oxygen atoms in total. The monoisotopic (exact) mass is 271 g/mol. The minimum atomic E-state index is -0.887. The van der Waals surface area contributed by atoms with Gasteiger partial charge in [-0.15, -0.1) is 11.8 Å². The Hall–Kier alpha value is -1.04. The molecule has 6 heteroatoms. The Bertz CT molecular complexity index is 360. The lowest BCUT2D eigenvalue weighted by atomic mass is 9.78. The summed E-state index contributed by atoms with van der Waals surface area (Å²) in [6, 6.07) is -0.376. The van der Waals surface area contributed by atoms with Crippen molar-refractivity contribution in [2.24, 2.45) is 11.8 Å². The van der Waals surface area contributed by atoms with Crippen LogP contribution in [0.4, 0.5) is 0 Å². The van der Waals surface area contributed by atoms with Crippen LogP contribution >= 0.6 is 11.8 Å². The average molecular weight is 271 g/mol. The molecule has 0 aromatic rings. The first-order chi connectivity index (χ1) is 8.65. The van der Waals surface area contributed by atoms with Gasteiger partial charge < -0.3 is 14.8 Å². The van der Waals surface area contributed by atoms with E-state index in [2.05, 4.69) is 0 Å². The summed E-state index contributed by atoms with van der Waals surface area (Å²) in [6.45, 7) is 0. The Labute approximate surface area is 110 Å². The molecule has 1 heterocycles. The van der Waals surface area contributed by atoms with Crippen molar-refractivity contribution in [3.8, 4) is 0 Å². The van der Waals surface area contributed by atoms with E-state index in [-0.39, 0.29) is 11.9 Å².